The predicted molar refractivity (Wildman–Crippen MR) is 154 cm³/mol. The molecule has 0 aliphatic carbocycles. The van der Waals surface area contributed by atoms with Crippen molar-refractivity contribution in [2.24, 2.45) is 0 Å². The van der Waals surface area contributed by atoms with E-state index in [1.807, 2.05) is 0 Å². The van der Waals surface area contributed by atoms with Crippen LogP contribution in [0.15, 0.2) is 37.1 Å². The number of ketones is 1. The molecule has 2 aromatic heterocycles. The number of carbonyl (C=O) groups is 2. The Kier molecular flexibility index (Phi) is 8.92. The van der Waals surface area contributed by atoms with Crippen molar-refractivity contribution in [3.8, 4) is 0 Å². The Bertz CT molecular complexity index is 1420. The van der Waals surface area contributed by atoms with Crippen molar-refractivity contribution in [3.05, 3.63) is 59.6 Å². The fourth-order valence-electron chi connectivity index (χ4n) is 5.54. The average Bonchev–Trinajstić information content (AvgIpc) is 3.42. The predicted octanol–water partition coefficient (Wildman–Crippen LogP) is 4.27. The van der Waals surface area contributed by atoms with Gasteiger partial charge in [-0.15, -0.1) is 0 Å². The summed E-state index contributed by atoms with van der Waals surface area (Å²) in [5.74, 6) is 0.267. The van der Waals surface area contributed by atoms with E-state index >= 15 is 4.39 Å². The zero-order valence-corrected chi connectivity index (χ0v) is 23.7. The van der Waals surface area contributed by atoms with Crippen LogP contribution in [0.3, 0.4) is 0 Å². The maximum atomic E-state index is 15.7. The van der Waals surface area contributed by atoms with E-state index in [-0.39, 0.29) is 36.6 Å². The first-order chi connectivity index (χ1) is 19.9. The van der Waals surface area contributed by atoms with Crippen LogP contribution in [0, 0.1) is 5.82 Å². The van der Waals surface area contributed by atoms with Gasteiger partial charge in [0, 0.05) is 49.9 Å². The number of halogens is 1. The lowest BCUT2D eigenvalue weighted by Gasteiger charge is -2.34. The minimum absolute atomic E-state index is 0.0842. The summed E-state index contributed by atoms with van der Waals surface area (Å²) in [6.45, 7) is 9.75. The van der Waals surface area contributed by atoms with Gasteiger partial charge in [0.2, 0.25) is 17.8 Å². The fraction of sp³-hybridized carbons (Fsp3) is 0.500. The summed E-state index contributed by atoms with van der Waals surface area (Å²) in [6, 6.07) is 4.71. The highest BCUT2D eigenvalue weighted by Gasteiger charge is 2.31. The number of fused-ring (bicyclic) bond motifs is 1. The van der Waals surface area contributed by atoms with Crippen LogP contribution in [0.5, 0.6) is 0 Å². The first-order valence-corrected chi connectivity index (χ1v) is 14.4. The lowest BCUT2D eigenvalue weighted by Crippen LogP contribution is -2.47. The van der Waals surface area contributed by atoms with Crippen molar-refractivity contribution in [1.29, 1.82) is 0 Å². The van der Waals surface area contributed by atoms with Gasteiger partial charge in [0.15, 0.2) is 11.4 Å². The zero-order valence-electron chi connectivity index (χ0n) is 23.7. The maximum absolute atomic E-state index is 15.7. The van der Waals surface area contributed by atoms with E-state index < -0.39 is 11.9 Å². The standard InChI is InChI=1S/C30H38FN7O3/c1-4-26(40)37-13-6-5-10-24(37)25(39)16-20-8-7-9-21(27(20)31)17-32-30-36-29(34-22-11-14-41-15-12-22)35-28-23(19(2)3)18-33-38(28)30/h4,7-9,18-19,22,24H,1,5-6,10-17H2,2-3H3,(H2,32,34,35,36). The van der Waals surface area contributed by atoms with Gasteiger partial charge in [-0.2, -0.15) is 19.6 Å². The normalized spacial score (nSPS) is 18.0. The summed E-state index contributed by atoms with van der Waals surface area (Å²) >= 11 is 0. The number of ether oxygens (including phenoxy) is 1. The van der Waals surface area contributed by atoms with Gasteiger partial charge in [-0.1, -0.05) is 38.6 Å². The Hall–Kier alpha value is -3.86. The van der Waals surface area contributed by atoms with Crippen LogP contribution in [0.2, 0.25) is 0 Å². The quantitative estimate of drug-likeness (QED) is 0.352. The van der Waals surface area contributed by atoms with Gasteiger partial charge < -0.3 is 20.3 Å². The lowest BCUT2D eigenvalue weighted by atomic mass is 9.93. The number of hydrogen-bond donors (Lipinski definition) is 2. The Balaban J connectivity index is 1.35. The van der Waals surface area contributed by atoms with Gasteiger partial charge in [-0.05, 0) is 49.7 Å². The Morgan fingerprint density at radius 2 is 1.95 bits per heavy atom. The van der Waals surface area contributed by atoms with Crippen LogP contribution in [-0.4, -0.2) is 68.0 Å². The monoisotopic (exact) mass is 563 g/mol. The average molecular weight is 564 g/mol. The SMILES string of the molecule is C=CC(=O)N1CCCCC1C(=O)Cc1cccc(CNc2nc(NC3CCOCC3)nc3c(C(C)C)cnn23)c1F. The molecule has 0 spiro atoms. The molecule has 1 amide bonds. The molecule has 0 radical (unpaired) electrons. The summed E-state index contributed by atoms with van der Waals surface area (Å²) in [7, 11) is 0. The number of aromatic nitrogens is 4. The minimum atomic E-state index is -0.554. The molecule has 0 saturated carbocycles. The van der Waals surface area contributed by atoms with Gasteiger partial charge in [0.1, 0.15) is 5.82 Å². The molecule has 2 aliphatic rings. The summed E-state index contributed by atoms with van der Waals surface area (Å²) in [4.78, 5) is 36.5. The second-order valence-electron chi connectivity index (χ2n) is 11.0. The number of nitrogens with one attached hydrogen (secondary N) is 2. The van der Waals surface area contributed by atoms with E-state index in [2.05, 4.69) is 41.1 Å². The third kappa shape index (κ3) is 6.40. The highest BCUT2D eigenvalue weighted by Crippen LogP contribution is 2.25. The van der Waals surface area contributed by atoms with Crippen molar-refractivity contribution in [2.45, 2.75) is 76.9 Å². The second kappa shape index (κ2) is 12.8. The van der Waals surface area contributed by atoms with Gasteiger partial charge >= 0.3 is 0 Å². The molecule has 1 unspecified atom stereocenters. The van der Waals surface area contributed by atoms with Gasteiger partial charge in [0.05, 0.1) is 12.2 Å². The van der Waals surface area contributed by atoms with E-state index in [0.29, 0.717) is 54.9 Å². The van der Waals surface area contributed by atoms with Crippen molar-refractivity contribution in [1.82, 2.24) is 24.5 Å². The largest absolute Gasteiger partial charge is 0.381 e. The number of piperidine rings is 1. The highest BCUT2D eigenvalue weighted by molar-refractivity contribution is 5.94. The first-order valence-electron chi connectivity index (χ1n) is 14.4. The number of hydrogen-bond acceptors (Lipinski definition) is 8. The summed E-state index contributed by atoms with van der Waals surface area (Å²) < 4.78 is 22.8. The summed E-state index contributed by atoms with van der Waals surface area (Å²) in [5.41, 5.74) is 2.39. The van der Waals surface area contributed by atoms with E-state index in [1.54, 1.807) is 33.8 Å². The molecule has 0 bridgehead atoms. The molecule has 11 heteroatoms. The molecule has 1 atom stereocenters. The number of carbonyl (C=O) groups excluding carboxylic acids is 2. The molecule has 2 N–H and O–H groups in total. The highest BCUT2D eigenvalue weighted by atomic mass is 19.1. The third-order valence-corrected chi connectivity index (χ3v) is 7.86. The Morgan fingerprint density at radius 1 is 1.17 bits per heavy atom. The van der Waals surface area contributed by atoms with Crippen molar-refractivity contribution in [3.63, 3.8) is 0 Å². The van der Waals surface area contributed by atoms with Crippen LogP contribution in [0.1, 0.15) is 68.6 Å². The van der Waals surface area contributed by atoms with E-state index in [4.69, 9.17) is 9.72 Å². The minimum Gasteiger partial charge on any atom is -0.381 e. The number of benzene rings is 1. The second-order valence-corrected chi connectivity index (χ2v) is 11.0. The number of amides is 1. The molecule has 41 heavy (non-hydrogen) atoms. The Morgan fingerprint density at radius 3 is 2.71 bits per heavy atom. The zero-order chi connectivity index (χ0) is 28.9. The number of Topliss-reactive ketones (excluding diaryl/α,β-unsaturated/α-hetero) is 1. The first kappa shape index (κ1) is 28.7. The lowest BCUT2D eigenvalue weighted by molar-refractivity contribution is -0.137. The van der Waals surface area contributed by atoms with E-state index in [0.717, 1.165) is 31.2 Å². The van der Waals surface area contributed by atoms with Gasteiger partial charge in [-0.25, -0.2) is 4.39 Å². The van der Waals surface area contributed by atoms with Gasteiger partial charge in [0.25, 0.3) is 0 Å². The molecule has 4 heterocycles. The van der Waals surface area contributed by atoms with Crippen molar-refractivity contribution >= 4 is 29.2 Å². The molecule has 2 saturated heterocycles. The van der Waals surface area contributed by atoms with E-state index in [9.17, 15) is 9.59 Å². The Labute approximate surface area is 239 Å². The molecule has 1 aromatic carbocycles. The van der Waals surface area contributed by atoms with Crippen LogP contribution in [0.25, 0.3) is 5.65 Å². The molecular weight excluding hydrogens is 525 g/mol. The smallest absolute Gasteiger partial charge is 0.246 e. The van der Waals surface area contributed by atoms with Crippen molar-refractivity contribution < 1.29 is 18.7 Å². The molecule has 2 fully saturated rings. The van der Waals surface area contributed by atoms with Crippen LogP contribution in [0.4, 0.5) is 16.3 Å². The van der Waals surface area contributed by atoms with Crippen LogP contribution >= 0.6 is 0 Å². The summed E-state index contributed by atoms with van der Waals surface area (Å²) in [5, 5.41) is 11.2. The number of likely N-dealkylation sites (tertiary alicyclic amines) is 1. The van der Waals surface area contributed by atoms with Crippen LogP contribution in [-0.2, 0) is 27.3 Å². The maximum Gasteiger partial charge on any atom is 0.246 e. The van der Waals surface area contributed by atoms with Crippen molar-refractivity contribution in [2.75, 3.05) is 30.4 Å². The van der Waals surface area contributed by atoms with Gasteiger partial charge in [-0.3, -0.25) is 9.59 Å². The molecule has 5 rings (SSSR count). The molecule has 10 nitrogen and oxygen atoms in total. The fourth-order valence-corrected chi connectivity index (χ4v) is 5.54. The molecular formula is C30H38FN7O3. The molecule has 218 valence electrons. The number of anilines is 2. The van der Waals surface area contributed by atoms with Crippen LogP contribution < -0.4 is 10.6 Å². The number of nitrogens with zero attached hydrogens (tertiary/aromatic N) is 5. The molecule has 2 aliphatic heterocycles. The van der Waals surface area contributed by atoms with E-state index in [1.165, 1.54) is 6.08 Å². The number of rotatable bonds is 10. The molecule has 3 aromatic rings. The topological polar surface area (TPSA) is 114 Å². The summed E-state index contributed by atoms with van der Waals surface area (Å²) in [6.07, 6.45) is 6.95. The third-order valence-electron chi connectivity index (χ3n) is 7.86.